The Morgan fingerprint density at radius 2 is 1.95 bits per heavy atom. The molecule has 2 aromatic heterocycles. The number of pyridine rings is 1. The minimum atomic E-state index is -4.82. The van der Waals surface area contributed by atoms with E-state index in [0.717, 1.165) is 53.8 Å². The number of hydrogen-bond donors (Lipinski definition) is 1. The molecule has 0 saturated carbocycles. The number of nitrogens with one attached hydrogen (secondary N) is 1. The zero-order valence-electron chi connectivity index (χ0n) is 20.6. The summed E-state index contributed by atoms with van der Waals surface area (Å²) in [5.41, 5.74) is 0.470. The van der Waals surface area contributed by atoms with E-state index in [1.807, 2.05) is 35.3 Å². The smallest absolute Gasteiger partial charge is 0.250 e. The number of benzene rings is 2. The quantitative estimate of drug-likeness (QED) is 0.118. The molecule has 0 fully saturated rings. The van der Waals surface area contributed by atoms with Crippen molar-refractivity contribution in [1.29, 1.82) is 5.26 Å². The van der Waals surface area contributed by atoms with Crippen LogP contribution in [0.4, 0.5) is 4.39 Å². The molecule has 1 atom stereocenters. The molecule has 0 radical (unpaired) electrons. The Bertz CT molecular complexity index is 1730. The summed E-state index contributed by atoms with van der Waals surface area (Å²) in [4.78, 5) is 12.3. The Balaban J connectivity index is 1.41. The van der Waals surface area contributed by atoms with Gasteiger partial charge in [-0.1, -0.05) is 29.3 Å². The number of aryl methyl sites for hydroxylation is 1. The van der Waals surface area contributed by atoms with Crippen LogP contribution in [0.15, 0.2) is 65.1 Å². The highest BCUT2D eigenvalue weighted by molar-refractivity contribution is 7.98. The van der Waals surface area contributed by atoms with Crippen LogP contribution in [0.5, 0.6) is 5.75 Å². The lowest BCUT2D eigenvalue weighted by Crippen LogP contribution is -2.32. The van der Waals surface area contributed by atoms with E-state index in [0.29, 0.717) is 25.9 Å². The monoisotopic (exact) mass is 659 g/mol. The summed E-state index contributed by atoms with van der Waals surface area (Å²) in [7, 11) is -9.11. The lowest BCUT2D eigenvalue weighted by atomic mass is 10.2. The van der Waals surface area contributed by atoms with E-state index >= 15 is 0 Å². The van der Waals surface area contributed by atoms with Gasteiger partial charge >= 0.3 is 0 Å². The zero-order chi connectivity index (χ0) is 28.9. The Kier molecular flexibility index (Phi) is 10.1. The van der Waals surface area contributed by atoms with Crippen LogP contribution in [-0.2, 0) is 26.9 Å². The average Bonchev–Trinajstić information content (AvgIpc) is 3.38. The number of aromatic nitrogens is 1. The first-order valence-corrected chi connectivity index (χ1v) is 17.5. The summed E-state index contributed by atoms with van der Waals surface area (Å²) >= 11 is 15.6. The minimum Gasteiger partial charge on any atom is -0.768 e. The molecule has 4 rings (SSSR count). The number of halogens is 3. The number of fused-ring (bicyclic) bond motifs is 1. The topological polar surface area (TPSA) is 123 Å². The van der Waals surface area contributed by atoms with Gasteiger partial charge in [-0.2, -0.15) is 17.0 Å². The van der Waals surface area contributed by atoms with Crippen LogP contribution in [0, 0.1) is 17.1 Å². The summed E-state index contributed by atoms with van der Waals surface area (Å²) in [6.07, 6.45) is 3.88. The van der Waals surface area contributed by atoms with Crippen molar-refractivity contribution < 1.29 is 31.4 Å². The molecule has 40 heavy (non-hydrogen) atoms. The molecule has 4 aromatic rings. The van der Waals surface area contributed by atoms with E-state index in [4.69, 9.17) is 33.0 Å². The standard InChI is InChI=1S/C25H21Cl2FN3O5PS3/c26-21-11-18(15-38-10-4-9-31-7-2-1-3-8-31)24(27)20-13-23(39-25(20)21)40(34,35)30-16-37(32,33)36-19-6-5-17(14-29)22(28)12-19/h1-3,5-8,11-13,30H,4,9-10,15-16H2. The minimum absolute atomic E-state index is 0.180. The first kappa shape index (κ1) is 30.8. The van der Waals surface area contributed by atoms with E-state index in [1.165, 1.54) is 6.07 Å². The molecule has 0 aliphatic heterocycles. The molecule has 15 heteroatoms. The number of rotatable bonds is 12. The summed E-state index contributed by atoms with van der Waals surface area (Å²) in [6.45, 7) is 0.881. The summed E-state index contributed by atoms with van der Waals surface area (Å²) < 4.78 is 61.1. The molecule has 2 aromatic carbocycles. The van der Waals surface area contributed by atoms with Gasteiger partial charge in [-0.3, -0.25) is 4.57 Å². The molecule has 0 amide bonds. The maximum absolute atomic E-state index is 13.8. The number of nitrogens with zero attached hydrogens (tertiary/aromatic N) is 2. The zero-order valence-corrected chi connectivity index (χ0v) is 25.4. The largest absolute Gasteiger partial charge is 0.768 e. The Hall–Kier alpha value is -2.20. The van der Waals surface area contributed by atoms with E-state index in [-0.39, 0.29) is 9.77 Å². The first-order valence-electron chi connectivity index (χ1n) is 11.6. The van der Waals surface area contributed by atoms with Gasteiger partial charge in [0.1, 0.15) is 28.4 Å². The Labute approximate surface area is 248 Å². The third-order valence-electron chi connectivity index (χ3n) is 5.50. The van der Waals surface area contributed by atoms with Crippen LogP contribution in [0.2, 0.25) is 10.0 Å². The molecule has 2 heterocycles. The molecule has 0 bridgehead atoms. The predicted molar refractivity (Wildman–Crippen MR) is 154 cm³/mol. The van der Waals surface area contributed by atoms with E-state index in [9.17, 15) is 22.3 Å². The molecule has 0 aliphatic carbocycles. The lowest BCUT2D eigenvalue weighted by molar-refractivity contribution is -0.696. The molecule has 210 valence electrons. The molecule has 0 spiro atoms. The molecule has 0 aliphatic rings. The van der Waals surface area contributed by atoms with Gasteiger partial charge in [0.05, 0.1) is 26.6 Å². The highest BCUT2D eigenvalue weighted by atomic mass is 35.5. The highest BCUT2D eigenvalue weighted by Gasteiger charge is 2.24. The van der Waals surface area contributed by atoms with E-state index < -0.39 is 35.5 Å². The van der Waals surface area contributed by atoms with Crippen LogP contribution in [0.25, 0.3) is 10.1 Å². The maximum Gasteiger partial charge on any atom is 0.250 e. The Morgan fingerprint density at radius 1 is 1.20 bits per heavy atom. The van der Waals surface area contributed by atoms with Gasteiger partial charge in [-0.15, -0.1) is 11.3 Å². The van der Waals surface area contributed by atoms with Crippen LogP contribution >= 0.6 is 53.9 Å². The average molecular weight is 661 g/mol. The fourth-order valence-corrected chi connectivity index (χ4v) is 9.17. The van der Waals surface area contributed by atoms with Gasteiger partial charge < -0.3 is 9.42 Å². The van der Waals surface area contributed by atoms with Crippen molar-refractivity contribution in [1.82, 2.24) is 4.72 Å². The van der Waals surface area contributed by atoms with E-state index in [1.54, 1.807) is 23.9 Å². The van der Waals surface area contributed by atoms with Gasteiger partial charge in [-0.05, 0) is 35.6 Å². The summed E-state index contributed by atoms with van der Waals surface area (Å²) in [6, 6.07) is 13.4. The molecule has 1 N–H and O–H groups in total. The normalized spacial score (nSPS) is 13.2. The maximum atomic E-state index is 13.8. The SMILES string of the molecule is N#Cc1ccc(OP(=O)([O-])CNS(=O)(=O)c2cc3c(Cl)c(CSCCC[n+]4ccccc4)cc(Cl)c3s2)cc1F. The second-order valence-corrected chi connectivity index (χ2v) is 15.1. The van der Waals surface area contributed by atoms with Crippen LogP contribution in [0.1, 0.15) is 17.5 Å². The number of thioether (sulfide) groups is 1. The van der Waals surface area contributed by atoms with Crippen molar-refractivity contribution >= 4 is 74.0 Å². The van der Waals surface area contributed by atoms with Crippen molar-refractivity contribution in [2.24, 2.45) is 0 Å². The van der Waals surface area contributed by atoms with Gasteiger partial charge in [0.15, 0.2) is 20.0 Å². The van der Waals surface area contributed by atoms with Gasteiger partial charge in [0.2, 0.25) is 0 Å². The fourth-order valence-electron chi connectivity index (χ4n) is 3.59. The van der Waals surface area contributed by atoms with Crippen molar-refractivity contribution in [2.45, 2.75) is 22.9 Å². The number of thiophene rings is 1. The molecular formula is C25H21Cl2FN3O5PS3. The van der Waals surface area contributed by atoms with Crippen molar-refractivity contribution in [3.05, 3.63) is 87.9 Å². The second kappa shape index (κ2) is 13.2. The van der Waals surface area contributed by atoms with Crippen LogP contribution in [0.3, 0.4) is 0 Å². The first-order chi connectivity index (χ1) is 19.0. The highest BCUT2D eigenvalue weighted by Crippen LogP contribution is 2.42. The molecule has 8 nitrogen and oxygen atoms in total. The molecule has 0 saturated heterocycles. The van der Waals surface area contributed by atoms with E-state index in [2.05, 4.69) is 4.57 Å². The van der Waals surface area contributed by atoms with Gasteiger partial charge in [0, 0.05) is 35.8 Å². The fraction of sp³-hybridized carbons (Fsp3) is 0.200. The molecule has 1 unspecified atom stereocenters. The number of nitriles is 1. The summed E-state index contributed by atoms with van der Waals surface area (Å²) in [5.74, 6) is 0.104. The van der Waals surface area contributed by atoms with Gasteiger partial charge in [0.25, 0.3) is 10.0 Å². The summed E-state index contributed by atoms with van der Waals surface area (Å²) in [5, 5.41) is 9.94. The van der Waals surface area contributed by atoms with Crippen molar-refractivity contribution in [3.8, 4) is 11.8 Å². The number of hydrogen-bond acceptors (Lipinski definition) is 8. The predicted octanol–water partition coefficient (Wildman–Crippen LogP) is 5.70. The van der Waals surface area contributed by atoms with Crippen molar-refractivity contribution in [2.75, 3.05) is 12.0 Å². The second-order valence-electron chi connectivity index (χ2n) is 8.42. The van der Waals surface area contributed by atoms with Crippen LogP contribution in [-0.4, -0.2) is 20.5 Å². The van der Waals surface area contributed by atoms with Crippen LogP contribution < -0.4 is 18.7 Å². The van der Waals surface area contributed by atoms with Crippen molar-refractivity contribution in [3.63, 3.8) is 0 Å². The Morgan fingerprint density at radius 3 is 2.65 bits per heavy atom. The lowest BCUT2D eigenvalue weighted by Gasteiger charge is -2.24. The number of sulfonamides is 1. The third kappa shape index (κ3) is 7.75. The third-order valence-corrected chi connectivity index (χ3v) is 11.7. The van der Waals surface area contributed by atoms with Gasteiger partial charge in [-0.25, -0.2) is 22.1 Å². The molecular weight excluding hydrogens is 639 g/mol.